The van der Waals surface area contributed by atoms with Crippen molar-refractivity contribution in [1.82, 2.24) is 4.57 Å². The first-order chi connectivity index (χ1) is 5.95. The van der Waals surface area contributed by atoms with Crippen molar-refractivity contribution in [2.75, 3.05) is 11.9 Å². The minimum absolute atomic E-state index is 1.04. The fourth-order valence-electron chi connectivity index (χ4n) is 1.90. The lowest BCUT2D eigenvalue weighted by Gasteiger charge is -2.17. The molecule has 1 aliphatic heterocycles. The number of aromatic nitrogens is 1. The third-order valence-electron chi connectivity index (χ3n) is 2.46. The highest BCUT2D eigenvalue weighted by atomic mass is 15.1. The number of hydrogen-bond acceptors (Lipinski definition) is 1. The van der Waals surface area contributed by atoms with Gasteiger partial charge in [-0.3, -0.25) is 0 Å². The second-order valence-corrected chi connectivity index (χ2v) is 3.18. The van der Waals surface area contributed by atoms with E-state index in [4.69, 9.17) is 0 Å². The van der Waals surface area contributed by atoms with Gasteiger partial charge in [-0.15, -0.1) is 0 Å². The van der Waals surface area contributed by atoms with Crippen LogP contribution in [0.2, 0.25) is 0 Å². The Kier molecular flexibility index (Phi) is 1.04. The van der Waals surface area contributed by atoms with E-state index in [2.05, 4.69) is 40.3 Å². The Hall–Kier alpha value is -1.44. The van der Waals surface area contributed by atoms with Gasteiger partial charge in [0, 0.05) is 24.7 Å². The summed E-state index contributed by atoms with van der Waals surface area (Å²) in [5, 5.41) is 4.73. The molecule has 12 heavy (non-hydrogen) atoms. The number of rotatable bonds is 0. The lowest BCUT2D eigenvalue weighted by atomic mass is 10.2. The molecule has 0 aliphatic carbocycles. The average Bonchev–Trinajstić information content (AvgIpc) is 2.52. The summed E-state index contributed by atoms with van der Waals surface area (Å²) in [4.78, 5) is 0. The molecule has 0 radical (unpaired) electrons. The molecule has 2 heterocycles. The van der Waals surface area contributed by atoms with Gasteiger partial charge in [0.15, 0.2) is 0 Å². The first kappa shape index (κ1) is 6.12. The molecule has 0 atom stereocenters. The largest absolute Gasteiger partial charge is 0.382 e. The summed E-state index contributed by atoms with van der Waals surface area (Å²) in [6, 6.07) is 8.56. The zero-order chi connectivity index (χ0) is 7.97. The number of para-hydroxylation sites is 1. The molecule has 0 spiro atoms. The number of nitrogens with one attached hydrogen (secondary N) is 1. The molecule has 0 saturated heterocycles. The Morgan fingerprint density at radius 2 is 2.25 bits per heavy atom. The van der Waals surface area contributed by atoms with Crippen LogP contribution in [-0.4, -0.2) is 11.1 Å². The lowest BCUT2D eigenvalue weighted by molar-refractivity contribution is 0.741. The minimum atomic E-state index is 1.04. The molecule has 0 fully saturated rings. The number of hydrogen-bond donors (Lipinski definition) is 1. The van der Waals surface area contributed by atoms with Crippen LogP contribution in [0.4, 0.5) is 5.69 Å². The summed E-state index contributed by atoms with van der Waals surface area (Å²) in [6.45, 7) is 2.13. The first-order valence-electron chi connectivity index (χ1n) is 4.27. The molecular formula is C10H10N2. The molecule has 1 N–H and O–H groups in total. The highest BCUT2D eigenvalue weighted by Gasteiger charge is 2.09. The molecule has 3 rings (SSSR count). The van der Waals surface area contributed by atoms with E-state index < -0.39 is 0 Å². The molecule has 0 unspecified atom stereocenters. The Labute approximate surface area is 70.8 Å². The van der Waals surface area contributed by atoms with Crippen molar-refractivity contribution in [2.45, 2.75) is 6.54 Å². The molecule has 1 aliphatic rings. The maximum absolute atomic E-state index is 3.39. The second kappa shape index (κ2) is 2.03. The molecule has 1 aromatic heterocycles. The maximum atomic E-state index is 3.39. The quantitative estimate of drug-likeness (QED) is 0.621. The predicted molar refractivity (Wildman–Crippen MR) is 50.4 cm³/mol. The van der Waals surface area contributed by atoms with Crippen molar-refractivity contribution in [3.63, 3.8) is 0 Å². The summed E-state index contributed by atoms with van der Waals surface area (Å²) in [6.07, 6.45) is 2.16. The summed E-state index contributed by atoms with van der Waals surface area (Å²) in [5.74, 6) is 0. The van der Waals surface area contributed by atoms with Crippen molar-refractivity contribution < 1.29 is 0 Å². The fourth-order valence-corrected chi connectivity index (χ4v) is 1.90. The Morgan fingerprint density at radius 1 is 1.25 bits per heavy atom. The van der Waals surface area contributed by atoms with Gasteiger partial charge in [-0.1, -0.05) is 12.1 Å². The summed E-state index contributed by atoms with van der Waals surface area (Å²) in [7, 11) is 0. The SMILES string of the molecule is c1cc2c3c(c1)ccn3CCN2. The van der Waals surface area contributed by atoms with Gasteiger partial charge in [0.1, 0.15) is 0 Å². The molecule has 60 valence electrons. The molecule has 2 aromatic rings. The summed E-state index contributed by atoms with van der Waals surface area (Å²) >= 11 is 0. The van der Waals surface area contributed by atoms with E-state index in [1.54, 1.807) is 0 Å². The van der Waals surface area contributed by atoms with Gasteiger partial charge in [-0.05, 0) is 12.1 Å². The molecule has 0 saturated carbocycles. The first-order valence-corrected chi connectivity index (χ1v) is 4.27. The van der Waals surface area contributed by atoms with Crippen molar-refractivity contribution in [1.29, 1.82) is 0 Å². The van der Waals surface area contributed by atoms with E-state index in [9.17, 15) is 0 Å². The van der Waals surface area contributed by atoms with Crippen LogP contribution in [0.5, 0.6) is 0 Å². The van der Waals surface area contributed by atoms with Gasteiger partial charge in [0.2, 0.25) is 0 Å². The van der Waals surface area contributed by atoms with Crippen molar-refractivity contribution in [2.24, 2.45) is 0 Å². The lowest BCUT2D eigenvalue weighted by Crippen LogP contribution is -2.15. The third kappa shape index (κ3) is 0.644. The predicted octanol–water partition coefficient (Wildman–Crippen LogP) is 2.07. The topological polar surface area (TPSA) is 17.0 Å². The standard InChI is InChI=1S/C10H10N2/c1-2-8-4-6-12-7-5-11-9(3-1)10(8)12/h1-4,6,11H,5,7H2. The molecule has 0 bridgehead atoms. The summed E-state index contributed by atoms with van der Waals surface area (Å²) in [5.41, 5.74) is 2.62. The van der Waals surface area contributed by atoms with Crippen LogP contribution in [0.15, 0.2) is 30.5 Å². The second-order valence-electron chi connectivity index (χ2n) is 3.18. The van der Waals surface area contributed by atoms with Gasteiger partial charge in [0.25, 0.3) is 0 Å². The highest BCUT2D eigenvalue weighted by Crippen LogP contribution is 2.26. The Balaban J connectivity index is 2.50. The van der Waals surface area contributed by atoms with Crippen molar-refractivity contribution in [3.05, 3.63) is 30.5 Å². The average molecular weight is 158 g/mol. The smallest absolute Gasteiger partial charge is 0.0716 e. The minimum Gasteiger partial charge on any atom is -0.382 e. The van der Waals surface area contributed by atoms with Crippen LogP contribution in [-0.2, 0) is 6.54 Å². The van der Waals surface area contributed by atoms with Crippen molar-refractivity contribution >= 4 is 16.6 Å². The van der Waals surface area contributed by atoms with E-state index in [1.165, 1.54) is 16.6 Å². The van der Waals surface area contributed by atoms with Crippen LogP contribution in [0.1, 0.15) is 0 Å². The van der Waals surface area contributed by atoms with Crippen LogP contribution in [0, 0.1) is 0 Å². The van der Waals surface area contributed by atoms with E-state index in [0.717, 1.165) is 13.1 Å². The normalized spacial score (nSPS) is 14.7. The van der Waals surface area contributed by atoms with Gasteiger partial charge in [-0.2, -0.15) is 0 Å². The Bertz CT molecular complexity index is 428. The van der Waals surface area contributed by atoms with Crippen LogP contribution in [0.3, 0.4) is 0 Å². The number of nitrogens with zero attached hydrogens (tertiary/aromatic N) is 1. The Morgan fingerprint density at radius 3 is 3.25 bits per heavy atom. The van der Waals surface area contributed by atoms with E-state index in [0.29, 0.717) is 0 Å². The zero-order valence-electron chi connectivity index (χ0n) is 6.75. The molecule has 2 nitrogen and oxygen atoms in total. The zero-order valence-corrected chi connectivity index (χ0v) is 6.75. The maximum Gasteiger partial charge on any atom is 0.0716 e. The van der Waals surface area contributed by atoms with Gasteiger partial charge >= 0.3 is 0 Å². The van der Waals surface area contributed by atoms with Gasteiger partial charge < -0.3 is 9.88 Å². The summed E-state index contributed by atoms with van der Waals surface area (Å²) < 4.78 is 2.31. The van der Waals surface area contributed by atoms with Gasteiger partial charge in [-0.25, -0.2) is 0 Å². The molecule has 2 heteroatoms. The number of anilines is 1. The molecule has 0 amide bonds. The fraction of sp³-hybridized carbons (Fsp3) is 0.200. The van der Waals surface area contributed by atoms with E-state index in [1.807, 2.05) is 0 Å². The van der Waals surface area contributed by atoms with Gasteiger partial charge in [0.05, 0.1) is 11.2 Å². The van der Waals surface area contributed by atoms with E-state index in [-0.39, 0.29) is 0 Å². The molecular weight excluding hydrogens is 148 g/mol. The van der Waals surface area contributed by atoms with Crippen LogP contribution < -0.4 is 5.32 Å². The van der Waals surface area contributed by atoms with Crippen molar-refractivity contribution in [3.8, 4) is 0 Å². The molecule has 1 aromatic carbocycles. The van der Waals surface area contributed by atoms with Crippen LogP contribution >= 0.6 is 0 Å². The number of benzene rings is 1. The third-order valence-corrected chi connectivity index (χ3v) is 2.46. The monoisotopic (exact) mass is 158 g/mol. The van der Waals surface area contributed by atoms with Crippen LogP contribution in [0.25, 0.3) is 10.9 Å². The highest BCUT2D eigenvalue weighted by molar-refractivity contribution is 5.92. The van der Waals surface area contributed by atoms with E-state index >= 15 is 0 Å².